The van der Waals surface area contributed by atoms with E-state index >= 15 is 0 Å². The Bertz CT molecular complexity index is 409. The molecule has 0 heterocycles. The molecule has 1 amide bonds. The average Bonchev–Trinajstić information content (AvgIpc) is 2.40. The second-order valence-electron chi connectivity index (χ2n) is 4.57. The third kappa shape index (κ3) is 4.89. The Morgan fingerprint density at radius 3 is 2.79 bits per heavy atom. The largest absolute Gasteiger partial charge is 0.398 e. The monoisotopic (exact) mass is 265 g/mol. The molecule has 5 nitrogen and oxygen atoms in total. The molecule has 0 saturated heterocycles. The predicted molar refractivity (Wildman–Crippen MR) is 76.7 cm³/mol. The lowest BCUT2D eigenvalue weighted by Gasteiger charge is -2.24. The smallest absolute Gasteiger partial charge is 0.237 e. The molecule has 3 N–H and O–H groups in total. The summed E-state index contributed by atoms with van der Waals surface area (Å²) in [5.41, 5.74) is 7.68. The summed E-state index contributed by atoms with van der Waals surface area (Å²) in [6.45, 7) is 3.57. The minimum absolute atomic E-state index is 0.00551. The van der Waals surface area contributed by atoms with Crippen LogP contribution in [-0.4, -0.2) is 44.2 Å². The summed E-state index contributed by atoms with van der Waals surface area (Å²) < 4.78 is 4.90. The number of ether oxygens (including phenoxy) is 1. The fraction of sp³-hybridized carbons (Fsp3) is 0.500. The van der Waals surface area contributed by atoms with E-state index in [9.17, 15) is 4.79 Å². The Kier molecular flexibility index (Phi) is 6.32. The molecule has 0 bridgehead atoms. The van der Waals surface area contributed by atoms with Gasteiger partial charge in [-0.05, 0) is 25.6 Å². The number of hydrogen-bond acceptors (Lipinski definition) is 4. The number of rotatable bonds is 7. The van der Waals surface area contributed by atoms with Crippen molar-refractivity contribution in [1.82, 2.24) is 10.2 Å². The van der Waals surface area contributed by atoms with Gasteiger partial charge in [0.25, 0.3) is 0 Å². The van der Waals surface area contributed by atoms with Gasteiger partial charge in [-0.1, -0.05) is 18.2 Å². The van der Waals surface area contributed by atoms with Gasteiger partial charge in [-0.25, -0.2) is 0 Å². The summed E-state index contributed by atoms with van der Waals surface area (Å²) in [4.78, 5) is 13.9. The molecule has 106 valence electrons. The van der Waals surface area contributed by atoms with Gasteiger partial charge in [0.2, 0.25) is 5.91 Å². The van der Waals surface area contributed by atoms with Crippen molar-refractivity contribution in [2.75, 3.05) is 33.0 Å². The molecule has 1 atom stereocenters. The van der Waals surface area contributed by atoms with Gasteiger partial charge in [-0.15, -0.1) is 0 Å². The highest BCUT2D eigenvalue weighted by Gasteiger charge is 2.18. The molecular formula is C14H23N3O2. The topological polar surface area (TPSA) is 67.6 Å². The normalized spacial score (nSPS) is 12.4. The molecule has 0 spiro atoms. The third-order valence-electron chi connectivity index (χ3n) is 3.12. The van der Waals surface area contributed by atoms with E-state index in [1.807, 2.05) is 43.1 Å². The summed E-state index contributed by atoms with van der Waals surface area (Å²) in [7, 11) is 3.52. The fourth-order valence-corrected chi connectivity index (χ4v) is 1.71. The van der Waals surface area contributed by atoms with Gasteiger partial charge >= 0.3 is 0 Å². The number of likely N-dealkylation sites (N-methyl/N-ethyl adjacent to an activating group) is 1. The number of carbonyl (C=O) groups is 1. The summed E-state index contributed by atoms with van der Waals surface area (Å²) in [6, 6.07) is 7.48. The summed E-state index contributed by atoms with van der Waals surface area (Å²) in [5.74, 6) is -0.00551. The zero-order valence-electron chi connectivity index (χ0n) is 11.8. The molecule has 19 heavy (non-hydrogen) atoms. The number of hydrogen-bond donors (Lipinski definition) is 2. The van der Waals surface area contributed by atoms with E-state index in [4.69, 9.17) is 10.5 Å². The molecule has 0 aliphatic rings. The Balaban J connectivity index is 2.50. The Hall–Kier alpha value is -1.59. The van der Waals surface area contributed by atoms with E-state index in [2.05, 4.69) is 5.32 Å². The fourth-order valence-electron chi connectivity index (χ4n) is 1.71. The highest BCUT2D eigenvalue weighted by atomic mass is 16.5. The maximum atomic E-state index is 11.9. The Morgan fingerprint density at radius 1 is 1.47 bits per heavy atom. The lowest BCUT2D eigenvalue weighted by atomic mass is 10.1. The van der Waals surface area contributed by atoms with Crippen LogP contribution >= 0.6 is 0 Å². The molecular weight excluding hydrogens is 242 g/mol. The highest BCUT2D eigenvalue weighted by molar-refractivity contribution is 5.81. The van der Waals surface area contributed by atoms with Crippen molar-refractivity contribution in [1.29, 1.82) is 0 Å². The molecule has 0 fully saturated rings. The number of nitrogens with zero attached hydrogens (tertiary/aromatic N) is 1. The summed E-state index contributed by atoms with van der Waals surface area (Å²) >= 11 is 0. The van der Waals surface area contributed by atoms with Crippen LogP contribution in [0, 0.1) is 0 Å². The minimum atomic E-state index is -0.212. The standard InChI is InChI=1S/C14H23N3O2/c1-11(14(18)16-8-9-19-3)17(2)10-12-6-4-5-7-13(12)15/h4-7,11H,8-10,15H2,1-3H3,(H,16,18). The SMILES string of the molecule is COCCNC(=O)C(C)N(C)Cc1ccccc1N. The number of nitrogens with one attached hydrogen (secondary N) is 1. The first-order valence-corrected chi connectivity index (χ1v) is 6.36. The zero-order valence-corrected chi connectivity index (χ0v) is 11.8. The van der Waals surface area contributed by atoms with Gasteiger partial charge < -0.3 is 15.8 Å². The molecule has 0 aliphatic heterocycles. The quantitative estimate of drug-likeness (QED) is 0.566. The number of amides is 1. The Morgan fingerprint density at radius 2 is 2.16 bits per heavy atom. The van der Waals surface area contributed by atoms with Gasteiger partial charge in [-0.2, -0.15) is 0 Å². The number of carbonyl (C=O) groups excluding carboxylic acids is 1. The van der Waals surface area contributed by atoms with E-state index < -0.39 is 0 Å². The second kappa shape index (κ2) is 7.76. The van der Waals surface area contributed by atoms with Gasteiger partial charge in [0.1, 0.15) is 0 Å². The van der Waals surface area contributed by atoms with E-state index in [1.165, 1.54) is 0 Å². The van der Waals surface area contributed by atoms with Crippen molar-refractivity contribution in [2.24, 2.45) is 0 Å². The molecule has 1 rings (SSSR count). The molecule has 0 saturated carbocycles. The van der Waals surface area contributed by atoms with Crippen molar-refractivity contribution in [3.8, 4) is 0 Å². The maximum absolute atomic E-state index is 11.9. The molecule has 0 aromatic heterocycles. The van der Waals surface area contributed by atoms with Crippen LogP contribution in [0.25, 0.3) is 0 Å². The minimum Gasteiger partial charge on any atom is -0.398 e. The lowest BCUT2D eigenvalue weighted by molar-refractivity contribution is -0.125. The van der Waals surface area contributed by atoms with Crippen LogP contribution in [0.3, 0.4) is 0 Å². The van der Waals surface area contributed by atoms with E-state index in [-0.39, 0.29) is 11.9 Å². The van der Waals surface area contributed by atoms with Gasteiger partial charge in [-0.3, -0.25) is 9.69 Å². The van der Waals surface area contributed by atoms with Gasteiger partial charge in [0, 0.05) is 25.9 Å². The number of para-hydroxylation sites is 1. The van der Waals surface area contributed by atoms with Crippen LogP contribution in [0.5, 0.6) is 0 Å². The molecule has 5 heteroatoms. The molecule has 1 unspecified atom stereocenters. The number of nitrogens with two attached hydrogens (primary N) is 1. The first-order chi connectivity index (χ1) is 9.06. The van der Waals surface area contributed by atoms with Crippen molar-refractivity contribution >= 4 is 11.6 Å². The zero-order chi connectivity index (χ0) is 14.3. The average molecular weight is 265 g/mol. The van der Waals surface area contributed by atoms with Gasteiger partial charge in [0.15, 0.2) is 0 Å². The van der Waals surface area contributed by atoms with Crippen LogP contribution in [0.4, 0.5) is 5.69 Å². The molecule has 0 radical (unpaired) electrons. The predicted octanol–water partition coefficient (Wildman–Crippen LogP) is 0.852. The van der Waals surface area contributed by atoms with Crippen molar-refractivity contribution in [3.63, 3.8) is 0 Å². The van der Waals surface area contributed by atoms with Crippen molar-refractivity contribution < 1.29 is 9.53 Å². The van der Waals surface area contributed by atoms with Crippen LogP contribution < -0.4 is 11.1 Å². The van der Waals surface area contributed by atoms with Crippen molar-refractivity contribution in [2.45, 2.75) is 19.5 Å². The van der Waals surface area contributed by atoms with E-state index in [0.717, 1.165) is 11.3 Å². The number of nitrogen functional groups attached to an aromatic ring is 1. The second-order valence-corrected chi connectivity index (χ2v) is 4.57. The molecule has 1 aromatic carbocycles. The third-order valence-corrected chi connectivity index (χ3v) is 3.12. The van der Waals surface area contributed by atoms with E-state index in [1.54, 1.807) is 7.11 Å². The number of methoxy groups -OCH3 is 1. The number of anilines is 1. The van der Waals surface area contributed by atoms with Crippen LogP contribution in [0.15, 0.2) is 24.3 Å². The first-order valence-electron chi connectivity index (χ1n) is 6.36. The van der Waals surface area contributed by atoms with Crippen molar-refractivity contribution in [3.05, 3.63) is 29.8 Å². The van der Waals surface area contributed by atoms with Crippen LogP contribution in [0.1, 0.15) is 12.5 Å². The molecule has 1 aromatic rings. The maximum Gasteiger partial charge on any atom is 0.237 e. The van der Waals surface area contributed by atoms with E-state index in [0.29, 0.717) is 19.7 Å². The molecule has 0 aliphatic carbocycles. The Labute approximate surface area is 114 Å². The highest BCUT2D eigenvalue weighted by Crippen LogP contribution is 2.13. The summed E-state index contributed by atoms with van der Waals surface area (Å²) in [6.07, 6.45) is 0. The number of benzene rings is 1. The summed E-state index contributed by atoms with van der Waals surface area (Å²) in [5, 5.41) is 2.83. The van der Waals surface area contributed by atoms with Crippen LogP contribution in [0.2, 0.25) is 0 Å². The van der Waals surface area contributed by atoms with Gasteiger partial charge in [0.05, 0.1) is 12.6 Å². The lowest BCUT2D eigenvalue weighted by Crippen LogP contribution is -2.43. The van der Waals surface area contributed by atoms with Crippen LogP contribution in [-0.2, 0) is 16.1 Å². The first kappa shape index (κ1) is 15.5.